The normalized spacial score (nSPS) is 10.5. The van der Waals surface area contributed by atoms with Gasteiger partial charge in [0.15, 0.2) is 4.67 Å². The van der Waals surface area contributed by atoms with Crippen LogP contribution in [0.1, 0.15) is 31.1 Å². The third-order valence-corrected chi connectivity index (χ3v) is 2.92. The van der Waals surface area contributed by atoms with Gasteiger partial charge in [0.1, 0.15) is 0 Å². The van der Waals surface area contributed by atoms with E-state index in [-0.39, 0.29) is 24.4 Å². The fraction of sp³-hybridized carbons (Fsp3) is 0.500. The predicted octanol–water partition coefficient (Wildman–Crippen LogP) is 2.03. The SMILES string of the molecule is CCN(CC(=O)NC(C)C)C(=O)c1ccoc1Br. The zero-order chi connectivity index (χ0) is 13.7. The van der Waals surface area contributed by atoms with E-state index < -0.39 is 0 Å². The number of hydrogen-bond donors (Lipinski definition) is 1. The highest BCUT2D eigenvalue weighted by molar-refractivity contribution is 9.10. The minimum Gasteiger partial charge on any atom is -0.457 e. The molecule has 1 rings (SSSR count). The summed E-state index contributed by atoms with van der Waals surface area (Å²) in [4.78, 5) is 25.2. The van der Waals surface area contributed by atoms with Gasteiger partial charge >= 0.3 is 0 Å². The highest BCUT2D eigenvalue weighted by atomic mass is 79.9. The van der Waals surface area contributed by atoms with Crippen molar-refractivity contribution >= 4 is 27.7 Å². The molecule has 2 amide bonds. The van der Waals surface area contributed by atoms with Crippen molar-refractivity contribution in [2.24, 2.45) is 0 Å². The van der Waals surface area contributed by atoms with Crippen molar-refractivity contribution < 1.29 is 14.0 Å². The first kappa shape index (κ1) is 14.8. The van der Waals surface area contributed by atoms with E-state index in [1.807, 2.05) is 20.8 Å². The maximum atomic E-state index is 12.1. The van der Waals surface area contributed by atoms with Gasteiger partial charge in [0, 0.05) is 12.6 Å². The number of halogens is 1. The average molecular weight is 317 g/mol. The highest BCUT2D eigenvalue weighted by Gasteiger charge is 2.21. The van der Waals surface area contributed by atoms with Crippen LogP contribution in [0.25, 0.3) is 0 Å². The molecule has 0 aliphatic rings. The van der Waals surface area contributed by atoms with Crippen molar-refractivity contribution in [2.75, 3.05) is 13.1 Å². The van der Waals surface area contributed by atoms with Crippen LogP contribution < -0.4 is 5.32 Å². The Bertz CT molecular complexity index is 429. The van der Waals surface area contributed by atoms with Crippen LogP contribution in [0.4, 0.5) is 0 Å². The Balaban J connectivity index is 2.70. The van der Waals surface area contributed by atoms with Crippen molar-refractivity contribution in [1.29, 1.82) is 0 Å². The number of furan rings is 1. The van der Waals surface area contributed by atoms with E-state index in [9.17, 15) is 9.59 Å². The van der Waals surface area contributed by atoms with Gasteiger partial charge < -0.3 is 14.6 Å². The molecule has 0 saturated heterocycles. The number of carbonyl (C=O) groups is 2. The van der Waals surface area contributed by atoms with E-state index in [4.69, 9.17) is 4.42 Å². The summed E-state index contributed by atoms with van der Waals surface area (Å²) >= 11 is 3.16. The molecule has 1 heterocycles. The van der Waals surface area contributed by atoms with Crippen LogP contribution in [0, 0.1) is 0 Å². The number of amides is 2. The maximum Gasteiger partial charge on any atom is 0.258 e. The third-order valence-electron chi connectivity index (χ3n) is 2.30. The second kappa shape index (κ2) is 6.58. The van der Waals surface area contributed by atoms with E-state index in [0.29, 0.717) is 16.8 Å². The van der Waals surface area contributed by atoms with Crippen molar-refractivity contribution in [3.63, 3.8) is 0 Å². The van der Waals surface area contributed by atoms with Gasteiger partial charge in [-0.1, -0.05) is 0 Å². The summed E-state index contributed by atoms with van der Waals surface area (Å²) in [7, 11) is 0. The molecule has 0 fully saturated rings. The fourth-order valence-corrected chi connectivity index (χ4v) is 1.89. The Hall–Kier alpha value is -1.30. The van der Waals surface area contributed by atoms with Gasteiger partial charge in [-0.05, 0) is 42.8 Å². The molecule has 1 aromatic rings. The third kappa shape index (κ3) is 3.87. The number of rotatable bonds is 5. The first-order chi connectivity index (χ1) is 8.45. The number of likely N-dealkylation sites (N-methyl/N-ethyl adjacent to an activating group) is 1. The van der Waals surface area contributed by atoms with Gasteiger partial charge in [-0.3, -0.25) is 9.59 Å². The minimum atomic E-state index is -0.225. The molecule has 0 aliphatic carbocycles. The molecule has 0 aromatic carbocycles. The van der Waals surface area contributed by atoms with Crippen LogP contribution in [0.5, 0.6) is 0 Å². The summed E-state index contributed by atoms with van der Waals surface area (Å²) in [6, 6.07) is 1.64. The zero-order valence-electron chi connectivity index (χ0n) is 10.7. The number of hydrogen-bond acceptors (Lipinski definition) is 3. The van der Waals surface area contributed by atoms with Gasteiger partial charge in [-0.25, -0.2) is 0 Å². The molecular weight excluding hydrogens is 300 g/mol. The molecule has 0 radical (unpaired) electrons. The van der Waals surface area contributed by atoms with Gasteiger partial charge in [0.2, 0.25) is 5.91 Å². The van der Waals surface area contributed by atoms with Crippen molar-refractivity contribution in [1.82, 2.24) is 10.2 Å². The Kier molecular flexibility index (Phi) is 5.40. The van der Waals surface area contributed by atoms with E-state index >= 15 is 0 Å². The average Bonchev–Trinajstić information content (AvgIpc) is 2.70. The van der Waals surface area contributed by atoms with Crippen LogP contribution in [0.3, 0.4) is 0 Å². The van der Waals surface area contributed by atoms with Gasteiger partial charge in [-0.2, -0.15) is 0 Å². The number of nitrogens with zero attached hydrogens (tertiary/aromatic N) is 1. The van der Waals surface area contributed by atoms with Crippen molar-refractivity contribution in [2.45, 2.75) is 26.8 Å². The fourth-order valence-electron chi connectivity index (χ4n) is 1.48. The summed E-state index contributed by atoms with van der Waals surface area (Å²) in [5.74, 6) is -0.392. The molecule has 1 N–H and O–H groups in total. The minimum absolute atomic E-state index is 0.0468. The largest absolute Gasteiger partial charge is 0.457 e. The van der Waals surface area contributed by atoms with Gasteiger partial charge in [0.05, 0.1) is 18.4 Å². The summed E-state index contributed by atoms with van der Waals surface area (Å²) in [6.45, 7) is 6.09. The Morgan fingerprint density at radius 1 is 1.50 bits per heavy atom. The summed E-state index contributed by atoms with van der Waals surface area (Å²) in [6.07, 6.45) is 1.43. The zero-order valence-corrected chi connectivity index (χ0v) is 12.3. The van der Waals surface area contributed by atoms with Crippen LogP contribution in [0.2, 0.25) is 0 Å². The lowest BCUT2D eigenvalue weighted by Crippen LogP contribution is -2.42. The molecule has 0 unspecified atom stereocenters. The van der Waals surface area contributed by atoms with Gasteiger partial charge in [-0.15, -0.1) is 0 Å². The predicted molar refractivity (Wildman–Crippen MR) is 71.3 cm³/mol. The van der Waals surface area contributed by atoms with Crippen LogP contribution >= 0.6 is 15.9 Å². The Morgan fingerprint density at radius 3 is 2.61 bits per heavy atom. The quantitative estimate of drug-likeness (QED) is 0.904. The maximum absolute atomic E-state index is 12.1. The molecule has 18 heavy (non-hydrogen) atoms. The number of nitrogens with one attached hydrogen (secondary N) is 1. The molecule has 0 aliphatic heterocycles. The van der Waals surface area contributed by atoms with Crippen molar-refractivity contribution in [3.8, 4) is 0 Å². The molecule has 0 spiro atoms. The smallest absolute Gasteiger partial charge is 0.258 e. The molecular formula is C12H17BrN2O3. The molecule has 6 heteroatoms. The molecule has 0 saturated carbocycles. The molecule has 1 aromatic heterocycles. The Morgan fingerprint density at radius 2 is 2.17 bits per heavy atom. The molecule has 5 nitrogen and oxygen atoms in total. The molecule has 100 valence electrons. The number of carbonyl (C=O) groups excluding carboxylic acids is 2. The van der Waals surface area contributed by atoms with E-state index in [2.05, 4.69) is 21.2 Å². The van der Waals surface area contributed by atoms with Gasteiger partial charge in [0.25, 0.3) is 5.91 Å². The summed E-state index contributed by atoms with van der Waals surface area (Å²) in [5.41, 5.74) is 0.425. The summed E-state index contributed by atoms with van der Waals surface area (Å²) in [5, 5.41) is 2.75. The second-order valence-corrected chi connectivity index (χ2v) is 4.87. The second-order valence-electron chi connectivity index (χ2n) is 4.15. The first-order valence-corrected chi connectivity index (χ1v) is 6.56. The van der Waals surface area contributed by atoms with Crippen LogP contribution in [0.15, 0.2) is 21.4 Å². The Labute approximate surface area is 115 Å². The summed E-state index contributed by atoms with van der Waals surface area (Å²) < 4.78 is 5.40. The lowest BCUT2D eigenvalue weighted by atomic mass is 10.3. The lowest BCUT2D eigenvalue weighted by Gasteiger charge is -2.20. The van der Waals surface area contributed by atoms with Crippen LogP contribution in [-0.2, 0) is 4.79 Å². The van der Waals surface area contributed by atoms with Crippen LogP contribution in [-0.4, -0.2) is 35.8 Å². The van der Waals surface area contributed by atoms with E-state index in [1.54, 1.807) is 6.07 Å². The first-order valence-electron chi connectivity index (χ1n) is 5.77. The molecule has 0 bridgehead atoms. The van der Waals surface area contributed by atoms with E-state index in [1.165, 1.54) is 11.2 Å². The highest BCUT2D eigenvalue weighted by Crippen LogP contribution is 2.19. The monoisotopic (exact) mass is 316 g/mol. The molecule has 0 atom stereocenters. The topological polar surface area (TPSA) is 62.6 Å². The lowest BCUT2D eigenvalue weighted by molar-refractivity contribution is -0.122. The van der Waals surface area contributed by atoms with Crippen molar-refractivity contribution in [3.05, 3.63) is 22.6 Å². The standard InChI is InChI=1S/C12H17BrN2O3/c1-4-15(7-10(16)14-8(2)3)12(17)9-5-6-18-11(9)13/h5-6,8H,4,7H2,1-3H3,(H,14,16). The van der Waals surface area contributed by atoms with E-state index in [0.717, 1.165) is 0 Å².